The summed E-state index contributed by atoms with van der Waals surface area (Å²) in [6, 6.07) is 0.482. The predicted molar refractivity (Wildman–Crippen MR) is 82.3 cm³/mol. The van der Waals surface area contributed by atoms with E-state index in [-0.39, 0.29) is 0 Å². The van der Waals surface area contributed by atoms with Crippen LogP contribution in [-0.4, -0.2) is 34.9 Å². The lowest BCUT2D eigenvalue weighted by Crippen LogP contribution is -2.22. The summed E-state index contributed by atoms with van der Waals surface area (Å²) in [7, 11) is 1.75. The van der Waals surface area contributed by atoms with Gasteiger partial charge in [-0.25, -0.2) is 4.98 Å². The largest absolute Gasteiger partial charge is 0.385 e. The number of thioether (sulfide) groups is 1. The number of methoxy groups -OCH3 is 1. The molecule has 0 saturated carbocycles. The van der Waals surface area contributed by atoms with E-state index < -0.39 is 0 Å². The molecule has 0 aliphatic rings. The van der Waals surface area contributed by atoms with Gasteiger partial charge in [0.05, 0.1) is 5.69 Å². The molecule has 0 atom stereocenters. The first-order valence-corrected chi connectivity index (χ1v) is 8.38. The van der Waals surface area contributed by atoms with Gasteiger partial charge in [0.1, 0.15) is 5.03 Å². The molecule has 0 radical (unpaired) electrons. The maximum Gasteiger partial charge on any atom is 0.194 e. The molecule has 0 spiro atoms. The average molecular weight is 299 g/mol. The molecule has 2 aromatic heterocycles. The Hall–Kier alpha value is -0.560. The number of aromatic nitrogens is 2. The fourth-order valence-corrected chi connectivity index (χ4v) is 3.50. The predicted octanol–water partition coefficient (Wildman–Crippen LogP) is 3.02. The highest BCUT2D eigenvalue weighted by Crippen LogP contribution is 2.26. The highest BCUT2D eigenvalue weighted by Gasteiger charge is 2.13. The summed E-state index contributed by atoms with van der Waals surface area (Å²) in [5, 5.41) is 6.71. The molecule has 4 nitrogen and oxygen atoms in total. The van der Waals surface area contributed by atoms with Crippen molar-refractivity contribution in [1.29, 1.82) is 0 Å². The Kier molecular flexibility index (Phi) is 5.69. The highest BCUT2D eigenvalue weighted by molar-refractivity contribution is 7.99. The number of nitrogens with zero attached hydrogens (tertiary/aromatic N) is 2. The number of hydrogen-bond acceptors (Lipinski definition) is 5. The molecule has 0 aromatic carbocycles. The van der Waals surface area contributed by atoms with Gasteiger partial charge in [-0.05, 0) is 6.42 Å². The molecular weight excluding hydrogens is 278 g/mol. The van der Waals surface area contributed by atoms with Gasteiger partial charge in [-0.15, -0.1) is 23.1 Å². The Bertz CT molecular complexity index is 507. The second-order valence-corrected chi connectivity index (χ2v) is 6.61. The molecule has 6 heteroatoms. The van der Waals surface area contributed by atoms with Crippen LogP contribution in [0.15, 0.2) is 16.6 Å². The van der Waals surface area contributed by atoms with Gasteiger partial charge in [0.2, 0.25) is 0 Å². The van der Waals surface area contributed by atoms with Gasteiger partial charge in [0.25, 0.3) is 0 Å². The fraction of sp³-hybridized carbons (Fsp3) is 0.615. The quantitative estimate of drug-likeness (QED) is 0.601. The van der Waals surface area contributed by atoms with Crippen molar-refractivity contribution in [2.24, 2.45) is 0 Å². The van der Waals surface area contributed by atoms with Crippen molar-refractivity contribution in [3.8, 4) is 0 Å². The van der Waals surface area contributed by atoms with Crippen molar-refractivity contribution in [3.63, 3.8) is 0 Å². The SMILES string of the molecule is COCCCSc1nc2sccn2c1CNC(C)C. The molecule has 2 aromatic rings. The van der Waals surface area contributed by atoms with Crippen LogP contribution >= 0.6 is 23.1 Å². The second kappa shape index (κ2) is 7.28. The fourth-order valence-electron chi connectivity index (χ4n) is 1.76. The van der Waals surface area contributed by atoms with Crippen LogP contribution < -0.4 is 5.32 Å². The zero-order chi connectivity index (χ0) is 13.7. The Morgan fingerprint density at radius 1 is 1.53 bits per heavy atom. The lowest BCUT2D eigenvalue weighted by atomic mass is 10.3. The number of nitrogens with one attached hydrogen (secondary N) is 1. The first kappa shape index (κ1) is 14.8. The van der Waals surface area contributed by atoms with Gasteiger partial charge in [-0.1, -0.05) is 13.8 Å². The maximum absolute atomic E-state index is 5.08. The van der Waals surface area contributed by atoms with Crippen LogP contribution in [0, 0.1) is 0 Å². The van der Waals surface area contributed by atoms with Crippen molar-refractivity contribution in [2.75, 3.05) is 19.5 Å². The van der Waals surface area contributed by atoms with Crippen LogP contribution in [0.25, 0.3) is 4.96 Å². The van der Waals surface area contributed by atoms with Gasteiger partial charge in [0, 0.05) is 43.6 Å². The maximum atomic E-state index is 5.08. The minimum absolute atomic E-state index is 0.482. The summed E-state index contributed by atoms with van der Waals surface area (Å²) in [5.74, 6) is 1.05. The second-order valence-electron chi connectivity index (χ2n) is 4.65. The van der Waals surface area contributed by atoms with Crippen LogP contribution in [-0.2, 0) is 11.3 Å². The van der Waals surface area contributed by atoms with Gasteiger partial charge >= 0.3 is 0 Å². The minimum Gasteiger partial charge on any atom is -0.385 e. The smallest absolute Gasteiger partial charge is 0.194 e. The van der Waals surface area contributed by atoms with Crippen LogP contribution in [0.2, 0.25) is 0 Å². The third kappa shape index (κ3) is 3.95. The van der Waals surface area contributed by atoms with E-state index in [0.717, 1.165) is 35.3 Å². The van der Waals surface area contributed by atoms with Gasteiger partial charge in [0.15, 0.2) is 4.96 Å². The van der Waals surface area contributed by atoms with E-state index >= 15 is 0 Å². The number of thiazole rings is 1. The summed E-state index contributed by atoms with van der Waals surface area (Å²) in [6.07, 6.45) is 3.16. The summed E-state index contributed by atoms with van der Waals surface area (Å²) >= 11 is 3.51. The van der Waals surface area contributed by atoms with Gasteiger partial charge in [-0.2, -0.15) is 0 Å². The first-order chi connectivity index (χ1) is 9.22. The van der Waals surface area contributed by atoms with Crippen molar-refractivity contribution < 1.29 is 4.74 Å². The van der Waals surface area contributed by atoms with Crippen LogP contribution in [0.5, 0.6) is 0 Å². The zero-order valence-electron chi connectivity index (χ0n) is 11.7. The summed E-state index contributed by atoms with van der Waals surface area (Å²) in [6.45, 7) is 6.01. The Morgan fingerprint density at radius 2 is 2.37 bits per heavy atom. The molecule has 19 heavy (non-hydrogen) atoms. The molecule has 1 N–H and O–H groups in total. The normalized spacial score (nSPS) is 11.8. The van der Waals surface area contributed by atoms with Crippen molar-refractivity contribution in [3.05, 3.63) is 17.3 Å². The molecule has 0 saturated heterocycles. The lowest BCUT2D eigenvalue weighted by Gasteiger charge is -2.09. The number of rotatable bonds is 8. The third-order valence-corrected chi connectivity index (χ3v) is 4.58. The molecule has 0 fully saturated rings. The average Bonchev–Trinajstić information content (AvgIpc) is 2.93. The van der Waals surface area contributed by atoms with E-state index in [1.165, 1.54) is 5.69 Å². The highest BCUT2D eigenvalue weighted by atomic mass is 32.2. The molecule has 0 unspecified atom stereocenters. The summed E-state index contributed by atoms with van der Waals surface area (Å²) in [4.78, 5) is 5.79. The van der Waals surface area contributed by atoms with Crippen LogP contribution in [0.1, 0.15) is 26.0 Å². The molecule has 0 aliphatic heterocycles. The molecule has 2 heterocycles. The van der Waals surface area contributed by atoms with Crippen LogP contribution in [0.3, 0.4) is 0 Å². The Labute approximate surface area is 122 Å². The Balaban J connectivity index is 2.07. The Morgan fingerprint density at radius 3 is 3.11 bits per heavy atom. The number of ether oxygens (including phenoxy) is 1. The molecular formula is C13H21N3OS2. The molecule has 2 rings (SSSR count). The van der Waals surface area contributed by atoms with Gasteiger partial charge < -0.3 is 10.1 Å². The summed E-state index contributed by atoms with van der Waals surface area (Å²) < 4.78 is 7.28. The van der Waals surface area contributed by atoms with Gasteiger partial charge in [-0.3, -0.25) is 4.40 Å². The molecule has 0 bridgehead atoms. The van der Waals surface area contributed by atoms with E-state index in [4.69, 9.17) is 9.72 Å². The third-order valence-electron chi connectivity index (χ3n) is 2.73. The van der Waals surface area contributed by atoms with Crippen molar-refractivity contribution >= 4 is 28.1 Å². The minimum atomic E-state index is 0.482. The van der Waals surface area contributed by atoms with E-state index in [2.05, 4.69) is 35.1 Å². The monoisotopic (exact) mass is 299 g/mol. The van der Waals surface area contributed by atoms with Crippen molar-refractivity contribution in [1.82, 2.24) is 14.7 Å². The number of fused-ring (bicyclic) bond motifs is 1. The molecule has 106 valence electrons. The number of hydrogen-bond donors (Lipinski definition) is 1. The first-order valence-electron chi connectivity index (χ1n) is 6.52. The standard InChI is InChI=1S/C13H21N3OS2/c1-10(2)14-9-11-12(18-7-4-6-17-3)15-13-16(11)5-8-19-13/h5,8,10,14H,4,6-7,9H2,1-3H3. The van der Waals surface area contributed by atoms with E-state index in [0.29, 0.717) is 6.04 Å². The topological polar surface area (TPSA) is 38.6 Å². The lowest BCUT2D eigenvalue weighted by molar-refractivity contribution is 0.200. The van der Waals surface area contributed by atoms with Crippen molar-refractivity contribution in [2.45, 2.75) is 37.9 Å². The molecule has 0 amide bonds. The van der Waals surface area contributed by atoms with E-state index in [1.807, 2.05) is 11.8 Å². The van der Waals surface area contributed by atoms with Crippen LogP contribution in [0.4, 0.5) is 0 Å². The van der Waals surface area contributed by atoms with E-state index in [9.17, 15) is 0 Å². The molecule has 0 aliphatic carbocycles. The zero-order valence-corrected chi connectivity index (χ0v) is 13.3. The summed E-state index contributed by atoms with van der Waals surface area (Å²) in [5.41, 5.74) is 1.27. The number of imidazole rings is 1. The van der Waals surface area contributed by atoms with E-state index in [1.54, 1.807) is 18.4 Å².